The smallest absolute Gasteiger partial charge is 0.328 e. The van der Waals surface area contributed by atoms with Gasteiger partial charge >= 0.3 is 23.9 Å². The van der Waals surface area contributed by atoms with Crippen molar-refractivity contribution >= 4 is 148 Å². The van der Waals surface area contributed by atoms with E-state index in [-0.39, 0.29) is 135 Å². The molecule has 0 unspecified atom stereocenters. The molecule has 5 aliphatic heterocycles. The Kier molecular flexibility index (Phi) is 50.1. The number of nitrogens with two attached hydrogens (primary N) is 4. The van der Waals surface area contributed by atoms with Gasteiger partial charge in [0.25, 0.3) is 0 Å². The summed E-state index contributed by atoms with van der Waals surface area (Å²) in [5.74, 6) is -29.0. The molecule has 0 aliphatic carbocycles. The number of likely N-dealkylation sites (tertiary alicyclic amines) is 5. The van der Waals surface area contributed by atoms with E-state index in [2.05, 4.69) is 63.8 Å². The first-order valence-corrected chi connectivity index (χ1v) is 48.7. The van der Waals surface area contributed by atoms with E-state index in [4.69, 9.17) is 33.5 Å². The number of hydrogen-bond acceptors (Lipinski definition) is 33. The van der Waals surface area contributed by atoms with Crippen molar-refractivity contribution in [2.75, 3.05) is 85.5 Å². The van der Waals surface area contributed by atoms with E-state index in [0.29, 0.717) is 24.8 Å². The van der Waals surface area contributed by atoms with Gasteiger partial charge in [0.2, 0.25) is 118 Å². The molecule has 0 bridgehead atoms. The molecule has 59 nitrogen and oxygen atoms in total. The lowest BCUT2D eigenvalue weighted by Crippen LogP contribution is -2.62. The van der Waals surface area contributed by atoms with Crippen molar-refractivity contribution in [3.05, 3.63) is 35.9 Å². The average molecular weight is 2120 g/mol. The third-order valence-corrected chi connectivity index (χ3v) is 25.2. The monoisotopic (exact) mass is 2110 g/mol. The van der Waals surface area contributed by atoms with Gasteiger partial charge in [-0.15, -0.1) is 0 Å². The summed E-state index contributed by atoms with van der Waals surface area (Å²) in [7, 11) is 0. The van der Waals surface area contributed by atoms with E-state index in [0.717, 1.165) is 4.90 Å². The van der Waals surface area contributed by atoms with Crippen LogP contribution in [0.3, 0.4) is 0 Å². The highest BCUT2D eigenvalue weighted by Crippen LogP contribution is 2.31. The number of carboxylic acids is 4. The lowest BCUT2D eigenvalue weighted by molar-refractivity contribution is -0.151. The van der Waals surface area contributed by atoms with Gasteiger partial charge in [-0.2, -0.15) is 0 Å². The Hall–Kier alpha value is -14.5. The summed E-state index contributed by atoms with van der Waals surface area (Å²) in [4.78, 5) is 333. The van der Waals surface area contributed by atoms with Crippen molar-refractivity contribution in [3.63, 3.8) is 0 Å². The predicted molar refractivity (Wildman–Crippen MR) is 511 cm³/mol. The number of guanidine groups is 1. The van der Waals surface area contributed by atoms with Crippen molar-refractivity contribution < 1.29 is 166 Å². The van der Waals surface area contributed by atoms with Crippen molar-refractivity contribution in [1.29, 1.82) is 5.41 Å². The number of amides is 20. The zero-order chi connectivity index (χ0) is 111. The van der Waals surface area contributed by atoms with Crippen LogP contribution < -0.4 is 103 Å². The Morgan fingerprint density at radius 2 is 0.678 bits per heavy atom. The summed E-state index contributed by atoms with van der Waals surface area (Å²) >= 11 is 0. The molecule has 149 heavy (non-hydrogen) atoms. The van der Waals surface area contributed by atoms with Gasteiger partial charge in [-0.25, -0.2) is 4.79 Å². The van der Waals surface area contributed by atoms with Crippen LogP contribution in [0, 0.1) is 11.3 Å². The molecule has 1 aromatic rings. The van der Waals surface area contributed by atoms with E-state index in [1.165, 1.54) is 38.7 Å². The average Bonchev–Trinajstić information content (AvgIpc) is 1.63. The highest BCUT2D eigenvalue weighted by atomic mass is 16.4. The van der Waals surface area contributed by atoms with Gasteiger partial charge in [0, 0.05) is 52.1 Å². The number of aliphatic carboxylic acids is 4. The Morgan fingerprint density at radius 3 is 1.11 bits per heavy atom. The Balaban J connectivity index is 1.07. The van der Waals surface area contributed by atoms with Crippen LogP contribution in [0.4, 0.5) is 0 Å². The van der Waals surface area contributed by atoms with Crippen LogP contribution in [-0.4, -0.2) is 430 Å². The molecule has 5 saturated heterocycles. The number of carbonyl (C=O) groups excluding carboxylic acids is 20. The van der Waals surface area contributed by atoms with E-state index >= 15 is 0 Å². The molecule has 59 heteroatoms. The fourth-order valence-corrected chi connectivity index (χ4v) is 17.5. The van der Waals surface area contributed by atoms with E-state index in [9.17, 15) is 161 Å². The largest absolute Gasteiger partial charge is 0.481 e. The van der Waals surface area contributed by atoms with Crippen molar-refractivity contribution in [1.82, 2.24) is 104 Å². The standard InChI is InChI=1S/C90H139N25O34/c1-44(2)33-53(85(144)111-28-11-20-62(111)83(142)110-60(43-121)89(148)149)104-77(136)59(42-120)109-82(141)63-21-12-30-113(63)87(146)65-23-14-32-115(65)88(147)64-22-13-31-114(64)84(143)45(3)97-71(130)48(17-7-8-26-91)98-76(135)55(38-116)106-79(138)57(40-118)108-80(139)58(41-119)107-78(137)56(39-117)105-75(134)52(36-68(125)126)102-73(132)50(24-25-66(93)122)99-74(133)51(34-46-15-5-4-6-16-46)101-72(131)49(18-9-27-96-90(94)95)100-81(140)61-19-10-29-112(61)86(145)54(37-69(127)128)103-70(129)47(92)35-67(123)124/h4-6,15-16,44-45,47-65,116-121H,7-14,17-43,91-92H2,1-3H3,(H2,93,122)(H,97,130)(H,98,135)(H,99,133)(H,100,140)(H,101,131)(H,102,132)(H,103,129)(H,104,136)(H,105,134)(H,106,138)(H,107,137)(H,108,139)(H,109,141)(H,110,142)(H,123,124)(H,125,126)(H,127,128)(H,148,149)(H4,94,95,96)/t45-,47-,48-,49-,50-,51-,52-,53-,54-,55-,56-,57-,58-,59-,60-,61-,62-,63-,64-,65-/m0/s1. The van der Waals surface area contributed by atoms with Crippen LogP contribution in [0.1, 0.15) is 161 Å². The Morgan fingerprint density at radius 1 is 0.356 bits per heavy atom. The van der Waals surface area contributed by atoms with Crippen molar-refractivity contribution in [2.45, 2.75) is 283 Å². The molecule has 5 heterocycles. The number of nitrogens with zero attached hydrogens (tertiary/aromatic N) is 5. The minimum absolute atomic E-state index is 0.00261. The second-order valence-electron chi connectivity index (χ2n) is 36.9. The summed E-state index contributed by atoms with van der Waals surface area (Å²) in [6, 6.07) is -25.8. The van der Waals surface area contributed by atoms with Gasteiger partial charge in [0.15, 0.2) is 5.96 Å². The zero-order valence-corrected chi connectivity index (χ0v) is 82.6. The number of rotatable bonds is 61. The van der Waals surface area contributed by atoms with Crippen molar-refractivity contribution in [2.24, 2.45) is 28.9 Å². The first kappa shape index (κ1) is 123. The highest BCUT2D eigenvalue weighted by Gasteiger charge is 2.50. The SMILES string of the molecule is CC(C)C[C@H](NC(=O)[C@H](CO)NC(=O)[C@@H]1CCCN1C(=O)[C@@H]1CCCN1C(=O)[C@@H]1CCCN1C(=O)[C@H](C)NC(=O)[C@H](CCCCN)NC(=O)[C@H](CO)NC(=O)[C@H](CO)NC(=O)[C@H](CO)NC(=O)[C@H](CO)NC(=O)[C@H](CC(=O)O)NC(=O)[C@H](CCC(N)=O)NC(=O)[C@H](Cc1ccccc1)NC(=O)[C@H](CCCNC(=N)N)NC(=O)[C@@H]1CCCN1C(=O)[C@H](CC(=O)O)NC(=O)[C@@H](N)CC(=O)O)C(=O)N1CCC[C@H]1C(=O)N[C@@H](CO)C(=O)O. The van der Waals surface area contributed by atoms with Gasteiger partial charge in [-0.3, -0.25) is 116 Å². The van der Waals surface area contributed by atoms with Crippen LogP contribution in [0.5, 0.6) is 0 Å². The minimum Gasteiger partial charge on any atom is -0.481 e. The number of nitrogens with one attached hydrogen (secondary N) is 16. The first-order chi connectivity index (χ1) is 70.6. The van der Waals surface area contributed by atoms with Gasteiger partial charge < -0.3 is 178 Å². The Bertz CT molecular complexity index is 4950. The van der Waals surface area contributed by atoms with Crippen LogP contribution in [-0.2, 0) is 121 Å². The minimum atomic E-state index is -2.28. The third kappa shape index (κ3) is 37.4. The van der Waals surface area contributed by atoms with Crippen molar-refractivity contribution in [3.8, 4) is 0 Å². The summed E-state index contributed by atoms with van der Waals surface area (Å²) < 4.78 is 0. The normalized spacial score (nSPS) is 19.3. The van der Waals surface area contributed by atoms with Crippen LogP contribution in [0.2, 0.25) is 0 Å². The Labute approximate surface area is 853 Å². The summed E-state index contributed by atoms with van der Waals surface area (Å²) in [5.41, 5.74) is 22.7. The molecular formula is C90H139N25O34. The lowest BCUT2D eigenvalue weighted by atomic mass is 10.0. The number of aliphatic hydroxyl groups excluding tert-OH is 6. The molecule has 0 spiro atoms. The van der Waals surface area contributed by atoms with Gasteiger partial charge in [-0.1, -0.05) is 44.2 Å². The number of carbonyl (C=O) groups is 24. The van der Waals surface area contributed by atoms with Crippen LogP contribution in [0.15, 0.2) is 30.3 Å². The molecule has 828 valence electrons. The molecule has 20 atom stereocenters. The first-order valence-electron chi connectivity index (χ1n) is 48.7. The number of unbranched alkanes of at least 4 members (excludes halogenated alkanes) is 1. The second kappa shape index (κ2) is 60.7. The molecule has 0 saturated carbocycles. The number of benzene rings is 1. The van der Waals surface area contributed by atoms with E-state index in [1.54, 1.807) is 32.0 Å². The lowest BCUT2D eigenvalue weighted by Gasteiger charge is -2.35. The summed E-state index contributed by atoms with van der Waals surface area (Å²) in [5, 5.41) is 142. The topological polar surface area (TPSA) is 937 Å². The summed E-state index contributed by atoms with van der Waals surface area (Å²) in [6.45, 7) is -2.46. The molecule has 34 N–H and O–H groups in total. The maximum Gasteiger partial charge on any atom is 0.328 e. The maximum absolute atomic E-state index is 14.7. The third-order valence-electron chi connectivity index (χ3n) is 25.2. The molecule has 6 rings (SSSR count). The highest BCUT2D eigenvalue weighted by molar-refractivity contribution is 6.04. The van der Waals surface area contributed by atoms with Gasteiger partial charge in [0.1, 0.15) is 115 Å². The fourth-order valence-electron chi connectivity index (χ4n) is 17.5. The van der Waals surface area contributed by atoms with Gasteiger partial charge in [-0.05, 0) is 134 Å². The molecule has 1 aromatic carbocycles. The number of carboxylic acid groups (broad SMARTS) is 4. The van der Waals surface area contributed by atoms with Crippen LogP contribution in [0.25, 0.3) is 0 Å². The van der Waals surface area contributed by atoms with Crippen LogP contribution >= 0.6 is 0 Å². The molecule has 5 fully saturated rings. The van der Waals surface area contributed by atoms with Gasteiger partial charge in [0.05, 0.1) is 64.9 Å². The second-order valence-corrected chi connectivity index (χ2v) is 36.9. The number of aliphatic hydroxyl groups is 6. The summed E-state index contributed by atoms with van der Waals surface area (Å²) in [6.07, 6.45) is -3.49. The van der Waals surface area contributed by atoms with E-state index in [1.807, 2.05) is 16.0 Å². The maximum atomic E-state index is 14.7. The molecule has 0 radical (unpaired) electrons. The number of hydrogen-bond donors (Lipinski definition) is 30. The molecule has 0 aromatic heterocycles. The zero-order valence-electron chi connectivity index (χ0n) is 82.6. The molecule has 5 aliphatic rings. The predicted octanol–water partition coefficient (Wildman–Crippen LogP) is -14.5. The fraction of sp³-hybridized carbons (Fsp3) is 0.656. The quantitative estimate of drug-likeness (QED) is 0.0164. The molecule has 20 amide bonds. The number of primary amides is 1. The molecular weight excluding hydrogens is 1980 g/mol. The van der Waals surface area contributed by atoms with E-state index < -0.39 is 347 Å².